The van der Waals surface area contributed by atoms with Crippen LogP contribution in [0.25, 0.3) is 10.8 Å². The lowest BCUT2D eigenvalue weighted by molar-refractivity contribution is 0.314. The molecule has 0 amide bonds. The van der Waals surface area contributed by atoms with Gasteiger partial charge in [0.1, 0.15) is 0 Å². The quantitative estimate of drug-likeness (QED) is 0.895. The van der Waals surface area contributed by atoms with E-state index >= 15 is 0 Å². The number of pyridine rings is 1. The second-order valence-electron chi connectivity index (χ2n) is 6.18. The average Bonchev–Trinajstić information content (AvgIpc) is 2.86. The molecule has 1 heterocycles. The highest BCUT2D eigenvalue weighted by Gasteiger charge is 2.27. The van der Waals surface area contributed by atoms with Gasteiger partial charge in [0.25, 0.3) is 0 Å². The molecule has 2 nitrogen and oxygen atoms in total. The molecule has 0 saturated heterocycles. The van der Waals surface area contributed by atoms with Gasteiger partial charge in [-0.15, -0.1) is 0 Å². The Morgan fingerprint density at radius 2 is 2.00 bits per heavy atom. The smallest absolute Gasteiger partial charge is 0.0346 e. The Balaban J connectivity index is 1.62. The highest BCUT2D eigenvalue weighted by Crippen LogP contribution is 2.36. The second-order valence-corrected chi connectivity index (χ2v) is 6.18. The molecule has 1 aliphatic carbocycles. The fraction of sp³-hybridized carbons (Fsp3) is 0.471. The van der Waals surface area contributed by atoms with Crippen LogP contribution in [-0.4, -0.2) is 11.5 Å². The zero-order valence-corrected chi connectivity index (χ0v) is 11.7. The summed E-state index contributed by atoms with van der Waals surface area (Å²) >= 11 is 0. The van der Waals surface area contributed by atoms with E-state index in [1.165, 1.54) is 42.0 Å². The number of fused-ring (bicyclic) bond motifs is 1. The summed E-state index contributed by atoms with van der Waals surface area (Å²) in [4.78, 5) is 4.15. The third-order valence-electron chi connectivity index (χ3n) is 4.40. The molecule has 0 bridgehead atoms. The van der Waals surface area contributed by atoms with Crippen molar-refractivity contribution < 1.29 is 0 Å². The van der Waals surface area contributed by atoms with Crippen molar-refractivity contribution >= 4 is 10.8 Å². The number of nitrogens with zero attached hydrogens (tertiary/aromatic N) is 1. The molecule has 1 N–H and O–H groups in total. The van der Waals surface area contributed by atoms with E-state index in [1.54, 1.807) is 0 Å². The van der Waals surface area contributed by atoms with Crippen molar-refractivity contribution in [1.82, 2.24) is 10.3 Å². The van der Waals surface area contributed by atoms with E-state index in [0.29, 0.717) is 5.41 Å². The van der Waals surface area contributed by atoms with Gasteiger partial charge >= 0.3 is 0 Å². The molecule has 2 heteroatoms. The van der Waals surface area contributed by atoms with Crippen LogP contribution < -0.4 is 5.32 Å². The molecule has 0 aliphatic heterocycles. The molecule has 100 valence electrons. The van der Waals surface area contributed by atoms with Crippen molar-refractivity contribution in [3.8, 4) is 0 Å². The van der Waals surface area contributed by atoms with Crippen LogP contribution in [0.15, 0.2) is 36.7 Å². The van der Waals surface area contributed by atoms with E-state index in [4.69, 9.17) is 0 Å². The van der Waals surface area contributed by atoms with Crippen LogP contribution in [0.1, 0.15) is 38.2 Å². The maximum Gasteiger partial charge on any atom is 0.0346 e. The van der Waals surface area contributed by atoms with Crippen molar-refractivity contribution in [2.24, 2.45) is 5.41 Å². The molecule has 1 aliphatic rings. The van der Waals surface area contributed by atoms with Gasteiger partial charge in [0.15, 0.2) is 0 Å². The maximum atomic E-state index is 4.15. The highest BCUT2D eigenvalue weighted by atomic mass is 14.9. The van der Waals surface area contributed by atoms with E-state index in [-0.39, 0.29) is 0 Å². The monoisotopic (exact) mass is 254 g/mol. The van der Waals surface area contributed by atoms with Gasteiger partial charge in [-0.3, -0.25) is 4.98 Å². The van der Waals surface area contributed by atoms with Gasteiger partial charge in [-0.25, -0.2) is 0 Å². The molecule has 0 radical (unpaired) electrons. The summed E-state index contributed by atoms with van der Waals surface area (Å²) in [7, 11) is 0. The topological polar surface area (TPSA) is 24.9 Å². The average molecular weight is 254 g/mol. The number of hydrogen-bond acceptors (Lipinski definition) is 2. The number of hydrogen-bond donors (Lipinski definition) is 1. The van der Waals surface area contributed by atoms with Crippen molar-refractivity contribution in [1.29, 1.82) is 0 Å². The van der Waals surface area contributed by atoms with Gasteiger partial charge in [-0.2, -0.15) is 0 Å². The largest absolute Gasteiger partial charge is 0.312 e. The molecule has 2 aromatic rings. The number of nitrogens with one attached hydrogen (secondary N) is 1. The van der Waals surface area contributed by atoms with Crippen LogP contribution in [0, 0.1) is 5.41 Å². The minimum absolute atomic E-state index is 0.529. The minimum atomic E-state index is 0.529. The predicted octanol–water partition coefficient (Wildman–Crippen LogP) is 3.90. The predicted molar refractivity (Wildman–Crippen MR) is 80.0 cm³/mol. The molecular formula is C17H22N2. The Morgan fingerprint density at radius 1 is 1.16 bits per heavy atom. The minimum Gasteiger partial charge on any atom is -0.312 e. The third-order valence-corrected chi connectivity index (χ3v) is 4.40. The number of rotatable bonds is 4. The Labute approximate surface area is 115 Å². The first kappa shape index (κ1) is 12.6. The van der Waals surface area contributed by atoms with Gasteiger partial charge in [0.05, 0.1) is 0 Å². The molecular weight excluding hydrogens is 232 g/mol. The molecule has 0 atom stereocenters. The Hall–Kier alpha value is -1.41. The van der Waals surface area contributed by atoms with Crippen molar-refractivity contribution in [2.45, 2.75) is 39.2 Å². The molecule has 3 rings (SSSR count). The summed E-state index contributed by atoms with van der Waals surface area (Å²) in [5.74, 6) is 0. The lowest BCUT2D eigenvalue weighted by Gasteiger charge is -2.23. The van der Waals surface area contributed by atoms with Crippen LogP contribution in [0.4, 0.5) is 0 Å². The summed E-state index contributed by atoms with van der Waals surface area (Å²) in [5.41, 5.74) is 1.89. The molecule has 19 heavy (non-hydrogen) atoms. The summed E-state index contributed by atoms with van der Waals surface area (Å²) in [6, 6.07) is 8.71. The van der Waals surface area contributed by atoms with Crippen molar-refractivity contribution in [3.05, 3.63) is 42.2 Å². The van der Waals surface area contributed by atoms with Crippen LogP contribution in [0.5, 0.6) is 0 Å². The fourth-order valence-electron chi connectivity index (χ4n) is 3.16. The van der Waals surface area contributed by atoms with Gasteiger partial charge in [0.2, 0.25) is 0 Å². The summed E-state index contributed by atoms with van der Waals surface area (Å²) in [6.45, 7) is 4.52. The molecule has 1 aromatic heterocycles. The Morgan fingerprint density at radius 3 is 2.84 bits per heavy atom. The fourth-order valence-corrected chi connectivity index (χ4v) is 3.16. The molecule has 1 fully saturated rings. The second kappa shape index (κ2) is 5.30. The van der Waals surface area contributed by atoms with E-state index in [2.05, 4.69) is 41.5 Å². The van der Waals surface area contributed by atoms with E-state index < -0.39 is 0 Å². The first-order valence-electron chi connectivity index (χ1n) is 7.29. The zero-order chi connectivity index (χ0) is 13.1. The van der Waals surface area contributed by atoms with Crippen LogP contribution >= 0.6 is 0 Å². The first-order chi connectivity index (χ1) is 9.25. The Kier molecular flexibility index (Phi) is 3.52. The van der Waals surface area contributed by atoms with E-state index in [1.807, 2.05) is 12.4 Å². The SMILES string of the molecule is CC1(CNCc2ccc3cnccc3c2)CCCC1. The number of aromatic nitrogens is 1. The standard InChI is InChI=1S/C17H22N2/c1-17(7-2-3-8-17)13-19-11-14-4-5-16-12-18-9-6-15(16)10-14/h4-6,9-10,12,19H,2-3,7-8,11,13H2,1H3. The normalized spacial score (nSPS) is 17.9. The molecule has 1 saturated carbocycles. The van der Waals surface area contributed by atoms with Crippen LogP contribution in [-0.2, 0) is 6.54 Å². The summed E-state index contributed by atoms with van der Waals surface area (Å²) in [5, 5.41) is 6.13. The van der Waals surface area contributed by atoms with Gasteiger partial charge in [-0.05, 0) is 41.3 Å². The highest BCUT2D eigenvalue weighted by molar-refractivity contribution is 5.81. The van der Waals surface area contributed by atoms with E-state index in [9.17, 15) is 0 Å². The van der Waals surface area contributed by atoms with Crippen molar-refractivity contribution in [2.75, 3.05) is 6.54 Å². The van der Waals surface area contributed by atoms with Gasteiger partial charge < -0.3 is 5.32 Å². The lowest BCUT2D eigenvalue weighted by atomic mass is 9.89. The van der Waals surface area contributed by atoms with E-state index in [0.717, 1.165) is 13.1 Å². The molecule has 0 spiro atoms. The third kappa shape index (κ3) is 2.95. The van der Waals surface area contributed by atoms with Gasteiger partial charge in [-0.1, -0.05) is 31.9 Å². The summed E-state index contributed by atoms with van der Waals surface area (Å²) in [6.07, 6.45) is 9.35. The van der Waals surface area contributed by atoms with Crippen molar-refractivity contribution in [3.63, 3.8) is 0 Å². The maximum absolute atomic E-state index is 4.15. The lowest BCUT2D eigenvalue weighted by Crippen LogP contribution is -2.29. The zero-order valence-electron chi connectivity index (χ0n) is 11.7. The number of benzene rings is 1. The van der Waals surface area contributed by atoms with Crippen LogP contribution in [0.3, 0.4) is 0 Å². The molecule has 0 unspecified atom stereocenters. The van der Waals surface area contributed by atoms with Crippen LogP contribution in [0.2, 0.25) is 0 Å². The first-order valence-corrected chi connectivity index (χ1v) is 7.29. The summed E-state index contributed by atoms with van der Waals surface area (Å²) < 4.78 is 0. The Bertz CT molecular complexity index is 556. The van der Waals surface area contributed by atoms with Gasteiger partial charge in [0, 0.05) is 30.9 Å². The molecule has 1 aromatic carbocycles.